The van der Waals surface area contributed by atoms with Gasteiger partial charge >= 0.3 is 0 Å². The lowest BCUT2D eigenvalue weighted by atomic mass is 10.3. The second kappa shape index (κ2) is 5.79. The van der Waals surface area contributed by atoms with E-state index in [1.54, 1.807) is 6.92 Å². The molecular weight excluding hydrogens is 254 g/mol. The van der Waals surface area contributed by atoms with Crippen LogP contribution in [0.3, 0.4) is 0 Å². The fraction of sp³-hybridized carbons (Fsp3) is 0.700. The Morgan fingerprint density at radius 3 is 2.78 bits per heavy atom. The van der Waals surface area contributed by atoms with Gasteiger partial charge in [0.25, 0.3) is 10.0 Å². The Labute approximate surface area is 107 Å². The van der Waals surface area contributed by atoms with Gasteiger partial charge in [0.15, 0.2) is 5.03 Å². The molecule has 0 amide bonds. The molecule has 0 spiro atoms. The summed E-state index contributed by atoms with van der Waals surface area (Å²) in [6.45, 7) is 6.73. The van der Waals surface area contributed by atoms with Gasteiger partial charge in [0.05, 0.1) is 6.20 Å². The molecule has 102 valence electrons. The number of sulfonamides is 1. The van der Waals surface area contributed by atoms with Crippen molar-refractivity contribution in [3.63, 3.8) is 0 Å². The first-order chi connectivity index (χ1) is 8.58. The number of hydrogen-bond acceptors (Lipinski definition) is 5. The van der Waals surface area contributed by atoms with E-state index < -0.39 is 10.0 Å². The molecule has 1 aliphatic heterocycles. The molecule has 1 aliphatic rings. The average Bonchev–Trinajstić information content (AvgIpc) is 2.78. The summed E-state index contributed by atoms with van der Waals surface area (Å²) in [5.74, 6) is 0.595. The maximum absolute atomic E-state index is 11.9. The van der Waals surface area contributed by atoms with E-state index >= 15 is 0 Å². The third-order valence-corrected chi connectivity index (χ3v) is 4.27. The van der Waals surface area contributed by atoms with E-state index in [1.165, 1.54) is 6.20 Å². The SMILES string of the molecule is Cc1ncc(S(=O)(=O)NCCN2CCNCC2)[nH]1. The summed E-state index contributed by atoms with van der Waals surface area (Å²) in [4.78, 5) is 8.84. The second-order valence-electron chi connectivity index (χ2n) is 4.32. The topological polar surface area (TPSA) is 90.1 Å². The molecule has 7 nitrogen and oxygen atoms in total. The number of nitrogens with one attached hydrogen (secondary N) is 3. The molecule has 2 heterocycles. The quantitative estimate of drug-likeness (QED) is 0.634. The molecule has 1 fully saturated rings. The predicted molar refractivity (Wildman–Crippen MR) is 67.8 cm³/mol. The maximum atomic E-state index is 11.9. The largest absolute Gasteiger partial charge is 0.332 e. The average molecular weight is 273 g/mol. The summed E-state index contributed by atoms with van der Waals surface area (Å²) in [6.07, 6.45) is 1.34. The molecule has 1 saturated heterocycles. The minimum atomic E-state index is -3.45. The molecule has 0 atom stereocenters. The van der Waals surface area contributed by atoms with Gasteiger partial charge in [0.2, 0.25) is 0 Å². The van der Waals surface area contributed by atoms with Crippen LogP contribution in [0.15, 0.2) is 11.2 Å². The minimum Gasteiger partial charge on any atom is -0.332 e. The van der Waals surface area contributed by atoms with Crippen molar-refractivity contribution in [1.29, 1.82) is 0 Å². The number of nitrogens with zero attached hydrogens (tertiary/aromatic N) is 2. The highest BCUT2D eigenvalue weighted by Crippen LogP contribution is 2.04. The Kier molecular flexibility index (Phi) is 4.33. The van der Waals surface area contributed by atoms with Crippen molar-refractivity contribution in [3.8, 4) is 0 Å². The number of aromatic amines is 1. The van der Waals surface area contributed by atoms with Crippen molar-refractivity contribution < 1.29 is 8.42 Å². The van der Waals surface area contributed by atoms with Crippen LogP contribution in [0.5, 0.6) is 0 Å². The molecule has 3 N–H and O–H groups in total. The maximum Gasteiger partial charge on any atom is 0.257 e. The number of aromatic nitrogens is 2. The smallest absolute Gasteiger partial charge is 0.257 e. The fourth-order valence-electron chi connectivity index (χ4n) is 1.89. The van der Waals surface area contributed by atoms with Crippen molar-refractivity contribution >= 4 is 10.0 Å². The van der Waals surface area contributed by atoms with Crippen LogP contribution in [0.4, 0.5) is 0 Å². The van der Waals surface area contributed by atoms with Crippen LogP contribution < -0.4 is 10.0 Å². The zero-order valence-electron chi connectivity index (χ0n) is 10.4. The van der Waals surface area contributed by atoms with Crippen LogP contribution >= 0.6 is 0 Å². The molecule has 0 saturated carbocycles. The van der Waals surface area contributed by atoms with Gasteiger partial charge in [-0.15, -0.1) is 0 Å². The number of piperazine rings is 1. The molecular formula is C10H19N5O2S. The highest BCUT2D eigenvalue weighted by atomic mass is 32.2. The Morgan fingerprint density at radius 1 is 1.44 bits per heavy atom. The Morgan fingerprint density at radius 2 is 2.17 bits per heavy atom. The Hall–Kier alpha value is -0.960. The van der Waals surface area contributed by atoms with Gasteiger partial charge < -0.3 is 10.3 Å². The van der Waals surface area contributed by atoms with Gasteiger partial charge in [0.1, 0.15) is 5.82 Å². The lowest BCUT2D eigenvalue weighted by Crippen LogP contribution is -2.46. The van der Waals surface area contributed by atoms with E-state index in [2.05, 4.69) is 24.9 Å². The van der Waals surface area contributed by atoms with Crippen LogP contribution in [0, 0.1) is 6.92 Å². The standard InChI is InChI=1S/C10H19N5O2S/c1-9-12-8-10(14-9)18(16,17)13-4-7-15-5-2-11-3-6-15/h8,11,13H,2-7H2,1H3,(H,12,14). The summed E-state index contributed by atoms with van der Waals surface area (Å²) >= 11 is 0. The van der Waals surface area contributed by atoms with Gasteiger partial charge in [-0.2, -0.15) is 0 Å². The lowest BCUT2D eigenvalue weighted by molar-refractivity contribution is 0.245. The number of aryl methyl sites for hydroxylation is 1. The highest BCUT2D eigenvalue weighted by Gasteiger charge is 2.16. The predicted octanol–water partition coefficient (Wildman–Crippen LogP) is -1.10. The van der Waals surface area contributed by atoms with Crippen LogP contribution in [0.1, 0.15) is 5.82 Å². The molecule has 0 aliphatic carbocycles. The summed E-state index contributed by atoms with van der Waals surface area (Å²) in [6, 6.07) is 0. The number of rotatable bonds is 5. The van der Waals surface area contributed by atoms with E-state index in [0.717, 1.165) is 32.7 Å². The molecule has 18 heavy (non-hydrogen) atoms. The van der Waals surface area contributed by atoms with Gasteiger partial charge in [-0.3, -0.25) is 4.90 Å². The van der Waals surface area contributed by atoms with Crippen molar-refractivity contribution in [2.45, 2.75) is 11.9 Å². The molecule has 0 radical (unpaired) electrons. The molecule has 0 bridgehead atoms. The summed E-state index contributed by atoms with van der Waals surface area (Å²) in [7, 11) is -3.45. The summed E-state index contributed by atoms with van der Waals surface area (Å²) < 4.78 is 26.3. The number of H-pyrrole nitrogens is 1. The third kappa shape index (κ3) is 3.52. The summed E-state index contributed by atoms with van der Waals surface area (Å²) in [5.41, 5.74) is 0. The third-order valence-electron chi connectivity index (χ3n) is 2.90. The van der Waals surface area contributed by atoms with Crippen LogP contribution in [0.2, 0.25) is 0 Å². The van der Waals surface area contributed by atoms with Gasteiger partial charge in [0, 0.05) is 39.3 Å². The van der Waals surface area contributed by atoms with E-state index in [0.29, 0.717) is 12.4 Å². The minimum absolute atomic E-state index is 0.125. The first-order valence-electron chi connectivity index (χ1n) is 6.02. The van der Waals surface area contributed by atoms with Crippen molar-refractivity contribution in [1.82, 2.24) is 24.9 Å². The van der Waals surface area contributed by atoms with Crippen molar-refractivity contribution in [3.05, 3.63) is 12.0 Å². The van der Waals surface area contributed by atoms with Crippen LogP contribution in [0.25, 0.3) is 0 Å². The molecule has 2 rings (SSSR count). The van der Waals surface area contributed by atoms with E-state index in [1.807, 2.05) is 0 Å². The van der Waals surface area contributed by atoms with E-state index in [-0.39, 0.29) is 5.03 Å². The zero-order valence-corrected chi connectivity index (χ0v) is 11.3. The van der Waals surface area contributed by atoms with E-state index in [4.69, 9.17) is 0 Å². The fourth-order valence-corrected chi connectivity index (χ4v) is 2.87. The second-order valence-corrected chi connectivity index (χ2v) is 6.06. The van der Waals surface area contributed by atoms with E-state index in [9.17, 15) is 8.42 Å². The molecule has 1 aromatic heterocycles. The van der Waals surface area contributed by atoms with Crippen LogP contribution in [-0.4, -0.2) is 62.6 Å². The molecule has 0 unspecified atom stereocenters. The van der Waals surface area contributed by atoms with Gasteiger partial charge in [-0.25, -0.2) is 18.1 Å². The number of hydrogen-bond donors (Lipinski definition) is 3. The normalized spacial score (nSPS) is 18.1. The lowest BCUT2D eigenvalue weighted by Gasteiger charge is -2.26. The monoisotopic (exact) mass is 273 g/mol. The number of imidazole rings is 1. The molecule has 1 aromatic rings. The van der Waals surface area contributed by atoms with Gasteiger partial charge in [-0.05, 0) is 6.92 Å². The van der Waals surface area contributed by atoms with Crippen LogP contribution in [-0.2, 0) is 10.0 Å². The van der Waals surface area contributed by atoms with Crippen molar-refractivity contribution in [2.75, 3.05) is 39.3 Å². The first-order valence-corrected chi connectivity index (χ1v) is 7.50. The van der Waals surface area contributed by atoms with Gasteiger partial charge in [-0.1, -0.05) is 0 Å². The summed E-state index contributed by atoms with van der Waals surface area (Å²) in [5, 5.41) is 3.38. The Bertz CT molecular complexity index is 478. The zero-order chi connectivity index (χ0) is 13.0. The Balaban J connectivity index is 1.82. The highest BCUT2D eigenvalue weighted by molar-refractivity contribution is 7.89. The molecule has 0 aromatic carbocycles. The first kappa shape index (κ1) is 13.5. The molecule has 8 heteroatoms. The van der Waals surface area contributed by atoms with Crippen molar-refractivity contribution in [2.24, 2.45) is 0 Å².